The number of nitrogens with zero attached hydrogens (tertiary/aromatic N) is 3. The Hall–Kier alpha value is -5.29. The smallest absolute Gasteiger partial charge is 0.558 e. The molecule has 0 spiro atoms. The number of benzene rings is 1. The van der Waals surface area contributed by atoms with Crippen LogP contribution in [0.4, 0.5) is 9.21 Å². The highest BCUT2D eigenvalue weighted by Crippen LogP contribution is 2.18. The van der Waals surface area contributed by atoms with Crippen LogP contribution >= 0.6 is 12.2 Å². The third-order valence-electron chi connectivity index (χ3n) is 9.70. The van der Waals surface area contributed by atoms with Crippen LogP contribution in [0.15, 0.2) is 24.3 Å². The average molecular weight is 921 g/mol. The number of nitrogens with one attached hydrogen (secondary N) is 6. The molecule has 0 radical (unpaired) electrons. The number of amides is 3. The van der Waals surface area contributed by atoms with Crippen LogP contribution < -0.4 is 32.1 Å². The fraction of sp³-hybridized carbons (Fsp3) is 0.553. The Morgan fingerprint density at radius 1 is 0.857 bits per heavy atom. The van der Waals surface area contributed by atoms with Gasteiger partial charge in [-0.25, -0.2) is 5.43 Å². The normalized spacial score (nSPS) is 18.7. The highest BCUT2D eigenvalue weighted by molar-refractivity contribution is 7.80. The molecule has 2 heterocycles. The number of carboxylic acids is 1. The van der Waals surface area contributed by atoms with Gasteiger partial charge in [-0.2, -0.15) is 0 Å². The average Bonchev–Trinajstić information content (AvgIpc) is 3.28. The van der Waals surface area contributed by atoms with E-state index in [0.29, 0.717) is 18.7 Å². The van der Waals surface area contributed by atoms with Gasteiger partial charge in [0.1, 0.15) is 17.6 Å². The van der Waals surface area contributed by atoms with Gasteiger partial charge in [0.05, 0.1) is 45.7 Å². The second-order valence-corrected chi connectivity index (χ2v) is 16.0. The number of rotatable bonds is 22. The van der Waals surface area contributed by atoms with Gasteiger partial charge < -0.3 is 37.5 Å². The minimum atomic E-state index is -4.07. The van der Waals surface area contributed by atoms with E-state index in [9.17, 15) is 56.6 Å². The molecular formula is C38H53AlFN9O13S. The third kappa shape index (κ3) is 20.2. The van der Waals surface area contributed by atoms with Crippen molar-refractivity contribution >= 4 is 97.1 Å². The van der Waals surface area contributed by atoms with Crippen molar-refractivity contribution in [2.45, 2.75) is 64.5 Å². The number of thiocarbonyl (C=S) groups is 1. The first-order chi connectivity index (χ1) is 29.9. The molecule has 3 rings (SSSR count). The van der Waals surface area contributed by atoms with Crippen molar-refractivity contribution in [3.8, 4) is 0 Å². The molecular weight excluding hydrogens is 868 g/mol. The number of aliphatic carboxylic acids is 1. The summed E-state index contributed by atoms with van der Waals surface area (Å²) in [6.07, 6.45) is 0.0242. The third-order valence-corrected chi connectivity index (χ3v) is 10.8. The van der Waals surface area contributed by atoms with Gasteiger partial charge in [0.15, 0.2) is 5.11 Å². The Morgan fingerprint density at radius 3 is 2.16 bits per heavy atom. The molecule has 2 aliphatic rings. The summed E-state index contributed by atoms with van der Waals surface area (Å²) < 4.78 is 23.9. The number of carboxylic acid groups (broad SMARTS) is 1. The second kappa shape index (κ2) is 27.0. The largest absolute Gasteiger partial charge is 1.15 e. The Kier molecular flexibility index (Phi) is 22.3. The number of carbonyl (C=O) groups excluding carboxylic acids is 9. The van der Waals surface area contributed by atoms with Crippen molar-refractivity contribution in [2.24, 2.45) is 0 Å². The maximum Gasteiger partial charge on any atom is 1.15 e. The van der Waals surface area contributed by atoms with Crippen LogP contribution in [0.3, 0.4) is 0 Å². The van der Waals surface area contributed by atoms with Crippen LogP contribution in [0, 0.1) is 0 Å². The molecule has 2 aliphatic heterocycles. The van der Waals surface area contributed by atoms with Crippen molar-refractivity contribution < 1.29 is 64.2 Å². The standard InChI is InChI=1S/C38H55N9O13S.Al.FH/c1-3-27(48)16-28(49)9-10-29(37(60)40-18-31(51)30(50)17-39-33(53)19-41-44-32(52)4-2)43-38(61)42-25-7-5-24(6-8-25)15-26-20-46(22-35(56)57)12-11-45(21-34(54)55)13-14-47(26)23-36(58)59;;/h5-8,26,29,41H,3-4,9-23H2,1-2H3,(H,39,53)(H,40,60)(H,44,52)(H,54,55)(H,56,57)(H,58,59)(H2,42,43,61);;1H/q;+3;/p-3/t26?,29-;;/m0../s1/i;;1-1. The Bertz CT molecular complexity index is 1860. The fourth-order valence-corrected chi connectivity index (χ4v) is 7.14. The first-order valence-electron chi connectivity index (χ1n) is 20.2. The van der Waals surface area contributed by atoms with E-state index < -0.39 is 87.5 Å². The summed E-state index contributed by atoms with van der Waals surface area (Å²) >= 11 is 1.39. The van der Waals surface area contributed by atoms with Gasteiger partial charge >= 0.3 is 21.2 Å². The molecule has 1 aromatic rings. The van der Waals surface area contributed by atoms with Crippen molar-refractivity contribution in [3.05, 3.63) is 29.8 Å². The first kappa shape index (κ1) is 52.1. The van der Waals surface area contributed by atoms with E-state index in [0.717, 1.165) is 5.56 Å². The minimum absolute atomic E-state index is 0.0523. The Labute approximate surface area is 373 Å². The van der Waals surface area contributed by atoms with Gasteiger partial charge in [0.2, 0.25) is 29.3 Å². The van der Waals surface area contributed by atoms with Gasteiger partial charge in [-0.05, 0) is 42.8 Å². The van der Waals surface area contributed by atoms with Gasteiger partial charge in [-0.1, -0.05) is 26.0 Å². The van der Waals surface area contributed by atoms with E-state index in [-0.39, 0.29) is 101 Å². The van der Waals surface area contributed by atoms with E-state index in [1.807, 2.05) is 0 Å². The number of halogens is 1. The zero-order chi connectivity index (χ0) is 46.5. The van der Waals surface area contributed by atoms with Crippen molar-refractivity contribution in [1.29, 1.82) is 0 Å². The molecule has 3 unspecified atom stereocenters. The van der Waals surface area contributed by atoms with Crippen molar-refractivity contribution in [1.82, 2.24) is 41.5 Å². The van der Waals surface area contributed by atoms with Crippen LogP contribution in [0.5, 0.6) is 0 Å². The van der Waals surface area contributed by atoms with Gasteiger partial charge in [-0.3, -0.25) is 68.1 Å². The lowest BCUT2D eigenvalue weighted by atomic mass is 10.0. The Balaban J connectivity index is 1.67. The fourth-order valence-electron chi connectivity index (χ4n) is 6.27. The van der Waals surface area contributed by atoms with Gasteiger partial charge in [0.25, 0.3) is 11.9 Å². The van der Waals surface area contributed by atoms with Crippen molar-refractivity contribution in [2.75, 3.05) is 77.3 Å². The topological polar surface area (TPSA) is 291 Å². The molecule has 4 atom stereocenters. The molecule has 2 fully saturated rings. The van der Waals surface area contributed by atoms with E-state index in [4.69, 9.17) is 19.8 Å². The number of ketones is 4. The maximum atomic E-state index is 14.4. The molecule has 344 valence electrons. The van der Waals surface area contributed by atoms with E-state index in [1.165, 1.54) is 0 Å². The van der Waals surface area contributed by atoms with Crippen molar-refractivity contribution in [3.63, 3.8) is 0 Å². The molecule has 2 saturated heterocycles. The summed E-state index contributed by atoms with van der Waals surface area (Å²) in [7, 11) is 0. The maximum absolute atomic E-state index is 14.4. The molecule has 2 bridgehead atoms. The molecule has 3 amide bonds. The summed E-state index contributed by atoms with van der Waals surface area (Å²) in [5.41, 5.74) is 5.89. The predicted octanol–water partition coefficient (Wildman–Crippen LogP) is -2.57. The highest BCUT2D eigenvalue weighted by atomic mass is 32.1. The summed E-state index contributed by atoms with van der Waals surface area (Å²) in [6.45, 7) is 1.90. The molecule has 1 aromatic carbocycles. The molecule has 22 nitrogen and oxygen atoms in total. The van der Waals surface area contributed by atoms with Crippen LogP contribution in [0.2, 0.25) is 0 Å². The number of anilines is 1. The van der Waals surface area contributed by atoms with Crippen LogP contribution in [0.25, 0.3) is 0 Å². The lowest BCUT2D eigenvalue weighted by Crippen LogP contribution is -2.50. The number of hydrogen-bond donors (Lipinski definition) is 7. The highest BCUT2D eigenvalue weighted by Gasteiger charge is 2.43. The predicted molar refractivity (Wildman–Crippen MR) is 225 cm³/mol. The summed E-state index contributed by atoms with van der Waals surface area (Å²) in [4.78, 5) is 128. The summed E-state index contributed by atoms with van der Waals surface area (Å²) in [5.74, 6) is -7.42. The van der Waals surface area contributed by atoms with Crippen LogP contribution in [0.1, 0.15) is 51.5 Å². The number of carbonyl (C=O) groups is 10. The number of hydrogen-bond acceptors (Lipinski definition) is 17. The lowest BCUT2D eigenvalue weighted by molar-refractivity contribution is -0.143. The van der Waals surface area contributed by atoms with E-state index in [2.05, 4.69) is 32.1 Å². The lowest BCUT2D eigenvalue weighted by Gasteiger charge is -2.33. The quantitative estimate of drug-likeness (QED) is 0.0207. The number of Topliss-reactive ketones (excluding diaryl/α,β-unsaturated/α-hetero) is 4. The monoisotopic (exact) mass is 920 g/mol. The van der Waals surface area contributed by atoms with Gasteiger partial charge in [-0.15, -0.1) is 0 Å². The van der Waals surface area contributed by atoms with Crippen LogP contribution in [-0.2, 0) is 61.9 Å². The minimum Gasteiger partial charge on any atom is -0.558 e. The SMILES string of the molecule is CCC(=O)CC(=O)CC[C@H](NC(=S)Nc1ccc(CC2CN3CCN(CC(=O)O)CCN2CC(=O)[O][Al]([18F])[O]C(=O)C3)cc1)C(=O)NCC(=O)C(=O)CNC(=O)CNNC(=O)CC. The van der Waals surface area contributed by atoms with Crippen LogP contribution in [-0.4, -0.2) is 183 Å². The molecule has 0 aliphatic carbocycles. The first-order valence-corrected chi connectivity index (χ1v) is 22.0. The second-order valence-electron chi connectivity index (χ2n) is 14.6. The molecule has 25 heteroatoms. The zero-order valence-electron chi connectivity index (χ0n) is 35.0. The van der Waals surface area contributed by atoms with E-state index >= 15 is 0 Å². The summed E-state index contributed by atoms with van der Waals surface area (Å²) in [5, 5.41) is 19.7. The number of fused-ring (bicyclic) bond motifs is 3. The van der Waals surface area contributed by atoms with Gasteiger partial charge in [0, 0.05) is 63.7 Å². The zero-order valence-corrected chi connectivity index (χ0v) is 37.0. The molecule has 7 N–H and O–H groups in total. The summed E-state index contributed by atoms with van der Waals surface area (Å²) in [6, 6.07) is 5.30. The molecule has 0 saturated carbocycles. The molecule has 0 aromatic heterocycles. The molecule has 63 heavy (non-hydrogen) atoms. The van der Waals surface area contributed by atoms with E-state index in [1.54, 1.807) is 52.8 Å². The number of hydrazine groups is 1. The Morgan fingerprint density at radius 2 is 1.51 bits per heavy atom.